The van der Waals surface area contributed by atoms with Crippen LogP contribution in [0.5, 0.6) is 5.75 Å². The maximum absolute atomic E-state index is 13.9. The van der Waals surface area contributed by atoms with Gasteiger partial charge in [0.05, 0.1) is 29.4 Å². The van der Waals surface area contributed by atoms with Crippen molar-refractivity contribution in [1.29, 1.82) is 0 Å². The zero-order chi connectivity index (χ0) is 48.9. The average Bonchev–Trinajstić information content (AvgIpc) is 3.87. The number of nitrogens with zero attached hydrogens (tertiary/aromatic N) is 5. The molecule has 1 saturated carbocycles. The van der Waals surface area contributed by atoms with Gasteiger partial charge in [-0.1, -0.05) is 55.1 Å². The van der Waals surface area contributed by atoms with Crippen LogP contribution in [0.25, 0.3) is 22.0 Å². The molecule has 0 spiro atoms. The van der Waals surface area contributed by atoms with Gasteiger partial charge in [-0.05, 0) is 148 Å². The number of piperidine rings is 2. The van der Waals surface area contributed by atoms with Gasteiger partial charge >= 0.3 is 6.03 Å². The Kier molecular flexibility index (Phi) is 15.7. The number of ether oxygens (including phenoxy) is 1. The highest BCUT2D eigenvalue weighted by atomic mass is 35.5. The van der Waals surface area contributed by atoms with Crippen LogP contribution in [-0.2, 0) is 16.1 Å². The van der Waals surface area contributed by atoms with Crippen molar-refractivity contribution in [3.63, 3.8) is 0 Å². The molecule has 3 saturated heterocycles. The summed E-state index contributed by atoms with van der Waals surface area (Å²) in [5, 5.41) is 13.0. The van der Waals surface area contributed by atoms with Crippen LogP contribution in [0.3, 0.4) is 0 Å². The Morgan fingerprint density at radius 1 is 0.886 bits per heavy atom. The maximum atomic E-state index is 13.9. The highest BCUT2D eigenvalue weighted by molar-refractivity contribution is 7.10. The summed E-state index contributed by atoms with van der Waals surface area (Å²) in [4.78, 5) is 68.1. The van der Waals surface area contributed by atoms with Crippen molar-refractivity contribution >= 4 is 69.1 Å². The molecule has 1 atom stereocenters. The number of imide groups is 1. The molecule has 3 aliphatic heterocycles. The number of thiophene rings is 1. The predicted octanol–water partition coefficient (Wildman–Crippen LogP) is 10.9. The number of amides is 5. The van der Waals surface area contributed by atoms with Gasteiger partial charge in [-0.2, -0.15) is 0 Å². The fourth-order valence-corrected chi connectivity index (χ4v) is 12.5. The fourth-order valence-electron chi connectivity index (χ4n) is 11.3. The molecule has 0 bridgehead atoms. The van der Waals surface area contributed by atoms with E-state index >= 15 is 0 Å². The molecule has 1 aliphatic carbocycles. The van der Waals surface area contributed by atoms with Crippen molar-refractivity contribution < 1.29 is 23.9 Å². The number of hydrogen-bond donors (Lipinski definition) is 3. The molecule has 0 radical (unpaired) electrons. The minimum absolute atomic E-state index is 0.0348. The molecule has 15 heteroatoms. The first-order valence-corrected chi connectivity index (χ1v) is 26.6. The van der Waals surface area contributed by atoms with E-state index in [1.54, 1.807) is 36.6 Å². The van der Waals surface area contributed by atoms with Gasteiger partial charge in [0.1, 0.15) is 17.4 Å². The van der Waals surface area contributed by atoms with Crippen LogP contribution in [0.1, 0.15) is 128 Å². The number of anilines is 2. The Balaban J connectivity index is 0.728. The number of nitrogens with one attached hydrogen (secondary N) is 3. The highest BCUT2D eigenvalue weighted by Gasteiger charge is 2.34. The number of carbonyl (C=O) groups is 4. The zero-order valence-corrected chi connectivity index (χ0v) is 42.6. The van der Waals surface area contributed by atoms with Crippen molar-refractivity contribution in [1.82, 2.24) is 30.4 Å². The lowest BCUT2D eigenvalue weighted by molar-refractivity contribution is -0.138. The van der Waals surface area contributed by atoms with Gasteiger partial charge in [0.15, 0.2) is 0 Å². The standard InChI is InChI=1S/C55H67ClN8O5S/c1-34(50-29-42(33-70-50)43-11-6-5-10-41(43)32-57-3)58-52-45-30-44(49(69-4)31-47(45)59-35(2)60-52)38-12-14-39(15-13-38)53(66)62-23-18-36(19-24-62)8-7-9-37-20-25-63(26-21-37)54(67)40-16-17-46(56)48(28-40)64-27-22-51(65)61-55(64)68/h5-6,10-11,16-17,28-31,33-34,36-39,57H,7-9,12-15,18-27,32H2,1-4H3,(H,58,59,60)(H,61,65,68)/t34-,38?,39?/m1/s1. The Hall–Kier alpha value is -5.57. The smallest absolute Gasteiger partial charge is 0.328 e. The minimum atomic E-state index is -0.524. The van der Waals surface area contributed by atoms with E-state index in [4.69, 9.17) is 26.3 Å². The molecule has 70 heavy (non-hydrogen) atoms. The summed E-state index contributed by atoms with van der Waals surface area (Å²) in [7, 11) is 3.72. The zero-order valence-electron chi connectivity index (χ0n) is 41.0. The molecule has 5 amide bonds. The molecule has 4 aliphatic rings. The van der Waals surface area contributed by atoms with Gasteiger partial charge in [-0.15, -0.1) is 11.3 Å². The Bertz CT molecular complexity index is 2700. The number of likely N-dealkylation sites (tertiary alicyclic amines) is 2. The van der Waals surface area contributed by atoms with E-state index in [-0.39, 0.29) is 42.7 Å². The topological polar surface area (TPSA) is 149 Å². The third-order valence-corrected chi connectivity index (χ3v) is 16.8. The van der Waals surface area contributed by atoms with Crippen LogP contribution >= 0.6 is 22.9 Å². The highest BCUT2D eigenvalue weighted by Crippen LogP contribution is 2.43. The van der Waals surface area contributed by atoms with E-state index in [9.17, 15) is 19.2 Å². The number of fused-ring (bicyclic) bond motifs is 1. The van der Waals surface area contributed by atoms with Gasteiger partial charge in [0.2, 0.25) is 11.8 Å². The van der Waals surface area contributed by atoms with Crippen LogP contribution in [0.15, 0.2) is 66.0 Å². The summed E-state index contributed by atoms with van der Waals surface area (Å²) in [6, 6.07) is 19.7. The van der Waals surface area contributed by atoms with E-state index in [0.29, 0.717) is 52.9 Å². The third-order valence-electron chi connectivity index (χ3n) is 15.4. The summed E-state index contributed by atoms with van der Waals surface area (Å²) in [5.74, 6) is 3.92. The first-order valence-electron chi connectivity index (χ1n) is 25.4. The normalized spacial score (nSPS) is 19.9. The van der Waals surface area contributed by atoms with E-state index in [0.717, 1.165) is 99.9 Å². The first-order chi connectivity index (χ1) is 34.0. The second-order valence-corrected chi connectivity index (χ2v) is 21.3. The molecule has 9 rings (SSSR count). The van der Waals surface area contributed by atoms with E-state index < -0.39 is 6.03 Å². The molecule has 5 aromatic rings. The number of rotatable bonds is 15. The third kappa shape index (κ3) is 11.1. The average molecular weight is 988 g/mol. The molecule has 3 N–H and O–H groups in total. The number of carbonyl (C=O) groups excluding carboxylic acids is 4. The number of halogens is 1. The minimum Gasteiger partial charge on any atom is -0.496 e. The monoisotopic (exact) mass is 986 g/mol. The van der Waals surface area contributed by atoms with Gasteiger partial charge in [-0.25, -0.2) is 14.8 Å². The number of aromatic nitrogens is 2. The number of benzene rings is 3. The number of aryl methyl sites for hydroxylation is 1. The fraction of sp³-hybridized carbons (Fsp3) is 0.491. The van der Waals surface area contributed by atoms with Crippen LogP contribution in [0, 0.1) is 24.7 Å². The van der Waals surface area contributed by atoms with Crippen LogP contribution in [-0.4, -0.2) is 90.4 Å². The Morgan fingerprint density at radius 2 is 1.60 bits per heavy atom. The largest absolute Gasteiger partial charge is 0.496 e. The van der Waals surface area contributed by atoms with Crippen molar-refractivity contribution in [3.05, 3.63) is 98.5 Å². The quantitative estimate of drug-likeness (QED) is 0.0932. The maximum Gasteiger partial charge on any atom is 0.328 e. The van der Waals surface area contributed by atoms with E-state index in [1.165, 1.54) is 44.9 Å². The summed E-state index contributed by atoms with van der Waals surface area (Å²) in [5.41, 5.74) is 6.72. The number of methoxy groups -OCH3 is 1. The van der Waals surface area contributed by atoms with Gasteiger partial charge in [0.25, 0.3) is 5.91 Å². The number of urea groups is 1. The van der Waals surface area contributed by atoms with Crippen LogP contribution in [0.2, 0.25) is 5.02 Å². The van der Waals surface area contributed by atoms with Crippen LogP contribution in [0.4, 0.5) is 16.3 Å². The number of hydrogen-bond acceptors (Lipinski definition) is 10. The summed E-state index contributed by atoms with van der Waals surface area (Å²) >= 11 is 8.19. The molecule has 3 aromatic carbocycles. The second-order valence-electron chi connectivity index (χ2n) is 19.9. The Morgan fingerprint density at radius 3 is 2.30 bits per heavy atom. The lowest BCUT2D eigenvalue weighted by Crippen LogP contribution is -2.49. The van der Waals surface area contributed by atoms with E-state index in [1.807, 2.05) is 18.9 Å². The van der Waals surface area contributed by atoms with Crippen LogP contribution < -0.4 is 25.6 Å². The molecule has 4 fully saturated rings. The summed E-state index contributed by atoms with van der Waals surface area (Å²) in [6.07, 6.45) is 11.4. The SMILES string of the molecule is CNCc1ccccc1-c1csc([C@@H](C)Nc2nc(C)nc3cc(OC)c(C4CCC(C(=O)N5CCC(CCCC6CCN(C(=O)c7ccc(Cl)c(N8CCC(=O)NC8=O)c7)CC6)CC5)CC4)cc23)c1. The van der Waals surface area contributed by atoms with Crippen molar-refractivity contribution in [2.45, 2.75) is 109 Å². The molecule has 370 valence electrons. The molecular weight excluding hydrogens is 920 g/mol. The molecule has 13 nitrogen and oxygen atoms in total. The Labute approximate surface area is 421 Å². The molecular formula is C55H67ClN8O5S. The summed E-state index contributed by atoms with van der Waals surface area (Å²) in [6.45, 7) is 8.27. The van der Waals surface area contributed by atoms with E-state index in [2.05, 4.69) is 75.6 Å². The second kappa shape index (κ2) is 22.2. The summed E-state index contributed by atoms with van der Waals surface area (Å²) < 4.78 is 6.01. The van der Waals surface area contributed by atoms with Gasteiger partial charge in [0, 0.05) is 73.5 Å². The van der Waals surface area contributed by atoms with Crippen molar-refractivity contribution in [3.8, 4) is 16.9 Å². The molecule has 0 unspecified atom stereocenters. The lowest BCUT2D eigenvalue weighted by atomic mass is 9.77. The van der Waals surface area contributed by atoms with Crippen molar-refractivity contribution in [2.24, 2.45) is 17.8 Å². The first kappa shape index (κ1) is 49.4. The lowest BCUT2D eigenvalue weighted by Gasteiger charge is -2.37. The predicted molar refractivity (Wildman–Crippen MR) is 279 cm³/mol. The molecule has 2 aromatic heterocycles. The van der Waals surface area contributed by atoms with Gasteiger partial charge in [-0.3, -0.25) is 24.6 Å². The van der Waals surface area contributed by atoms with Crippen molar-refractivity contribution in [2.75, 3.05) is 57.1 Å². The molecule has 5 heterocycles. The van der Waals surface area contributed by atoms with Gasteiger partial charge < -0.3 is 25.2 Å².